The van der Waals surface area contributed by atoms with Gasteiger partial charge >= 0.3 is 0 Å². The molecule has 128 valence electrons. The summed E-state index contributed by atoms with van der Waals surface area (Å²) in [5, 5.41) is 2.74. The lowest BCUT2D eigenvalue weighted by atomic mass is 10.1. The molecule has 0 spiro atoms. The summed E-state index contributed by atoms with van der Waals surface area (Å²) in [6.45, 7) is 1.91. The maximum Gasteiger partial charge on any atom is 0.255 e. The second-order valence-electron chi connectivity index (χ2n) is 5.68. The first-order valence-electron chi connectivity index (χ1n) is 7.70. The van der Waals surface area contributed by atoms with Gasteiger partial charge in [-0.05, 0) is 37.3 Å². The Morgan fingerprint density at radius 3 is 2.60 bits per heavy atom. The zero-order valence-corrected chi connectivity index (χ0v) is 13.9. The molecule has 0 unspecified atom stereocenters. The van der Waals surface area contributed by atoms with Crippen molar-refractivity contribution in [2.45, 2.75) is 6.92 Å². The Balaban J connectivity index is 0.00000243. The minimum atomic E-state index is -0.444. The number of rotatable bonds is 4. The Bertz CT molecular complexity index is 905. The maximum atomic E-state index is 14.0. The Morgan fingerprint density at radius 2 is 1.88 bits per heavy atom. The molecule has 0 saturated carbocycles. The third-order valence-electron chi connectivity index (χ3n) is 3.74. The van der Waals surface area contributed by atoms with Crippen molar-refractivity contribution < 1.29 is 10.6 Å². The average molecular weight is 338 g/mol. The molecule has 6 heteroatoms. The quantitative estimate of drug-likeness (QED) is 0.775. The largest absolute Gasteiger partial charge is 0.342 e. The van der Waals surface area contributed by atoms with Crippen LogP contribution in [0.3, 0.4) is 0 Å². The molecule has 0 saturated heterocycles. The number of aromatic nitrogens is 2. The number of nitrogens with zero attached hydrogens (tertiary/aromatic N) is 3. The first-order valence-corrected chi connectivity index (χ1v) is 7.70. The number of hydrogen-bond acceptors (Lipinski definition) is 4. The van der Waals surface area contributed by atoms with Crippen LogP contribution in [0.4, 0.5) is 21.5 Å². The normalized spacial score (nSPS) is 10.4. The molecule has 3 aromatic rings. The van der Waals surface area contributed by atoms with Gasteiger partial charge < -0.3 is 10.2 Å². The summed E-state index contributed by atoms with van der Waals surface area (Å²) in [5.74, 6) is -0.730. The summed E-state index contributed by atoms with van der Waals surface area (Å²) in [5.41, 5.74) is 3.18. The fourth-order valence-electron chi connectivity index (χ4n) is 2.44. The van der Waals surface area contributed by atoms with Crippen LogP contribution >= 0.6 is 0 Å². The molecule has 0 radical (unpaired) electrons. The summed E-state index contributed by atoms with van der Waals surface area (Å²) >= 11 is 0. The van der Waals surface area contributed by atoms with Crippen molar-refractivity contribution in [1.82, 2.24) is 9.97 Å². The highest BCUT2D eigenvalue weighted by Crippen LogP contribution is 2.26. The van der Waals surface area contributed by atoms with E-state index in [4.69, 9.17) is 0 Å². The van der Waals surface area contributed by atoms with Crippen LogP contribution in [-0.4, -0.2) is 22.9 Å². The van der Waals surface area contributed by atoms with Crippen molar-refractivity contribution in [3.8, 4) is 0 Å². The van der Waals surface area contributed by atoms with E-state index in [1.54, 1.807) is 42.5 Å². The van der Waals surface area contributed by atoms with Gasteiger partial charge in [-0.25, -0.2) is 14.4 Å². The third kappa shape index (κ3) is 3.98. The molecule has 0 bridgehead atoms. The molecule has 0 fully saturated rings. The Hall–Kier alpha value is -3.28. The van der Waals surface area contributed by atoms with Crippen molar-refractivity contribution in [3.63, 3.8) is 0 Å². The van der Waals surface area contributed by atoms with Gasteiger partial charge in [-0.15, -0.1) is 0 Å². The first kappa shape index (κ1) is 16.6. The Morgan fingerprint density at radius 1 is 1.12 bits per heavy atom. The molecule has 0 aliphatic heterocycles. The number of aryl methyl sites for hydroxylation is 1. The second-order valence-corrected chi connectivity index (χ2v) is 5.68. The summed E-state index contributed by atoms with van der Waals surface area (Å²) in [7, 11) is 1.78. The molecule has 2 aromatic carbocycles. The molecule has 1 amide bonds. The lowest BCUT2D eigenvalue weighted by Gasteiger charge is -2.19. The molecular weight excluding hydrogens is 319 g/mol. The SMILES string of the molecule is Cc1cccc(C(=O)Nc2cc(F)cc(N(C)c3cncnc3)c2)c1.[HH]. The predicted octanol–water partition coefficient (Wildman–Crippen LogP) is 4.19. The van der Waals surface area contributed by atoms with E-state index in [1.165, 1.54) is 18.5 Å². The number of hydrogen-bond donors (Lipinski definition) is 1. The van der Waals surface area contributed by atoms with Crippen molar-refractivity contribution in [3.05, 3.63) is 78.1 Å². The minimum absolute atomic E-state index is 0. The van der Waals surface area contributed by atoms with Crippen LogP contribution in [0.1, 0.15) is 17.3 Å². The van der Waals surface area contributed by atoms with Crippen molar-refractivity contribution >= 4 is 23.0 Å². The third-order valence-corrected chi connectivity index (χ3v) is 3.74. The number of carbonyl (C=O) groups is 1. The fourth-order valence-corrected chi connectivity index (χ4v) is 2.44. The zero-order chi connectivity index (χ0) is 17.8. The molecule has 0 aliphatic rings. The molecule has 5 nitrogen and oxygen atoms in total. The molecule has 0 aliphatic carbocycles. The van der Waals surface area contributed by atoms with Crippen molar-refractivity contribution in [2.24, 2.45) is 0 Å². The molecule has 0 atom stereocenters. The topological polar surface area (TPSA) is 58.1 Å². The highest BCUT2D eigenvalue weighted by atomic mass is 19.1. The van der Waals surface area contributed by atoms with E-state index < -0.39 is 5.82 Å². The van der Waals surface area contributed by atoms with Crippen molar-refractivity contribution in [2.75, 3.05) is 17.3 Å². The molecular formula is C19H19FN4O. The van der Waals surface area contributed by atoms with Crippen LogP contribution in [0.2, 0.25) is 0 Å². The van der Waals surface area contributed by atoms with Gasteiger partial charge in [-0.3, -0.25) is 4.79 Å². The molecule has 3 rings (SSSR count). The van der Waals surface area contributed by atoms with E-state index in [2.05, 4.69) is 15.3 Å². The van der Waals surface area contributed by atoms with Gasteiger partial charge in [0.05, 0.1) is 18.1 Å². The maximum absolute atomic E-state index is 14.0. The summed E-state index contributed by atoms with van der Waals surface area (Å²) < 4.78 is 14.0. The number of halogens is 1. The molecule has 25 heavy (non-hydrogen) atoms. The molecule has 1 heterocycles. The van der Waals surface area contributed by atoms with E-state index >= 15 is 0 Å². The highest BCUT2D eigenvalue weighted by molar-refractivity contribution is 6.04. The average Bonchev–Trinajstić information content (AvgIpc) is 2.61. The first-order chi connectivity index (χ1) is 12.0. The van der Waals surface area contributed by atoms with Crippen LogP contribution < -0.4 is 10.2 Å². The van der Waals surface area contributed by atoms with Crippen LogP contribution in [0.5, 0.6) is 0 Å². The summed E-state index contributed by atoms with van der Waals surface area (Å²) in [4.78, 5) is 22.0. The standard InChI is InChI=1S/C19H17FN4O.H2/c1-13-4-3-5-14(6-13)19(25)23-16-7-15(20)8-17(9-16)24(2)18-10-21-12-22-11-18;/h3-12H,1-2H3,(H,23,25);1H. The predicted molar refractivity (Wildman–Crippen MR) is 97.7 cm³/mol. The van der Waals surface area contributed by atoms with Gasteiger partial charge in [0.2, 0.25) is 0 Å². The van der Waals surface area contributed by atoms with Gasteiger partial charge in [0.15, 0.2) is 0 Å². The van der Waals surface area contributed by atoms with E-state index in [9.17, 15) is 9.18 Å². The van der Waals surface area contributed by atoms with Gasteiger partial charge in [0.1, 0.15) is 12.1 Å². The van der Waals surface area contributed by atoms with Crippen molar-refractivity contribution in [1.29, 1.82) is 0 Å². The van der Waals surface area contributed by atoms with Crippen LogP contribution in [-0.2, 0) is 0 Å². The lowest BCUT2D eigenvalue weighted by molar-refractivity contribution is 0.102. The van der Waals surface area contributed by atoms with E-state index in [1.807, 2.05) is 19.1 Å². The number of nitrogens with one attached hydrogen (secondary N) is 1. The van der Waals surface area contributed by atoms with E-state index in [0.29, 0.717) is 22.6 Å². The number of carbonyl (C=O) groups excluding carboxylic acids is 1. The van der Waals surface area contributed by atoms with Crippen LogP contribution in [0, 0.1) is 12.7 Å². The fraction of sp³-hybridized carbons (Fsp3) is 0.105. The summed E-state index contributed by atoms with van der Waals surface area (Å²) in [6, 6.07) is 11.6. The smallest absolute Gasteiger partial charge is 0.255 e. The summed E-state index contributed by atoms with van der Waals surface area (Å²) in [6.07, 6.45) is 4.68. The lowest BCUT2D eigenvalue weighted by Crippen LogP contribution is -2.14. The highest BCUT2D eigenvalue weighted by Gasteiger charge is 2.11. The monoisotopic (exact) mass is 338 g/mol. The van der Waals surface area contributed by atoms with Crippen LogP contribution in [0.15, 0.2) is 61.2 Å². The van der Waals surface area contributed by atoms with Gasteiger partial charge in [0.25, 0.3) is 5.91 Å². The molecule has 1 aromatic heterocycles. The van der Waals surface area contributed by atoms with Gasteiger partial charge in [-0.2, -0.15) is 0 Å². The van der Waals surface area contributed by atoms with Gasteiger partial charge in [0, 0.05) is 25.4 Å². The number of amides is 1. The second kappa shape index (κ2) is 7.09. The minimum Gasteiger partial charge on any atom is -0.342 e. The Labute approximate surface area is 146 Å². The number of anilines is 3. The van der Waals surface area contributed by atoms with Gasteiger partial charge in [-0.1, -0.05) is 17.7 Å². The number of benzene rings is 2. The van der Waals surface area contributed by atoms with Crippen LogP contribution in [0.25, 0.3) is 0 Å². The molecule has 1 N–H and O–H groups in total. The Kier molecular flexibility index (Phi) is 4.70. The van der Waals surface area contributed by atoms with E-state index in [-0.39, 0.29) is 7.33 Å². The zero-order valence-electron chi connectivity index (χ0n) is 13.9. The van der Waals surface area contributed by atoms with E-state index in [0.717, 1.165) is 5.56 Å².